The zero-order valence-electron chi connectivity index (χ0n) is 15.9. The molecule has 0 aliphatic carbocycles. The highest BCUT2D eigenvalue weighted by Crippen LogP contribution is 2.33. The number of methoxy groups -OCH3 is 2. The van der Waals surface area contributed by atoms with Gasteiger partial charge in [-0.25, -0.2) is 18.1 Å². The van der Waals surface area contributed by atoms with E-state index in [1.807, 2.05) is 12.1 Å². The molecule has 9 heteroatoms. The Kier molecular flexibility index (Phi) is 6.03. The number of imidazole rings is 1. The van der Waals surface area contributed by atoms with Crippen LogP contribution in [0.15, 0.2) is 29.7 Å². The van der Waals surface area contributed by atoms with E-state index in [1.165, 1.54) is 23.7 Å². The third kappa shape index (κ3) is 4.60. The van der Waals surface area contributed by atoms with Crippen LogP contribution in [0.4, 0.5) is 0 Å². The lowest BCUT2D eigenvalue weighted by atomic mass is 9.98. The zero-order chi connectivity index (χ0) is 19.4. The predicted molar refractivity (Wildman–Crippen MR) is 102 cm³/mol. The summed E-state index contributed by atoms with van der Waals surface area (Å²) >= 11 is 0. The number of sulfonamides is 1. The number of ether oxygens (including phenoxy) is 2. The molecule has 1 N–H and O–H groups in total. The first-order valence-electron chi connectivity index (χ1n) is 8.86. The SMILES string of the molecule is COc1cc2c(cc1OC)CN(CCCNS(=O)(=O)c1cn(C)cn1)CC2. The van der Waals surface area contributed by atoms with Crippen LogP contribution in [0.25, 0.3) is 0 Å². The lowest BCUT2D eigenvalue weighted by Crippen LogP contribution is -2.34. The van der Waals surface area contributed by atoms with E-state index in [0.717, 1.165) is 44.0 Å². The Hall–Kier alpha value is -2.10. The van der Waals surface area contributed by atoms with Crippen molar-refractivity contribution < 1.29 is 17.9 Å². The second-order valence-electron chi connectivity index (χ2n) is 6.63. The summed E-state index contributed by atoms with van der Waals surface area (Å²) < 4.78 is 39.3. The van der Waals surface area contributed by atoms with E-state index in [0.29, 0.717) is 6.54 Å². The van der Waals surface area contributed by atoms with Gasteiger partial charge in [0.25, 0.3) is 10.0 Å². The van der Waals surface area contributed by atoms with E-state index >= 15 is 0 Å². The van der Waals surface area contributed by atoms with Gasteiger partial charge in [0.1, 0.15) is 0 Å². The number of hydrogen-bond donors (Lipinski definition) is 1. The summed E-state index contributed by atoms with van der Waals surface area (Å²) in [4.78, 5) is 6.21. The highest BCUT2D eigenvalue weighted by molar-refractivity contribution is 7.89. The first kappa shape index (κ1) is 19.7. The normalized spacial score (nSPS) is 14.8. The van der Waals surface area contributed by atoms with Crippen molar-refractivity contribution in [1.29, 1.82) is 0 Å². The number of nitrogens with one attached hydrogen (secondary N) is 1. The summed E-state index contributed by atoms with van der Waals surface area (Å²) in [6, 6.07) is 4.08. The largest absolute Gasteiger partial charge is 0.493 e. The fourth-order valence-corrected chi connectivity index (χ4v) is 4.30. The second-order valence-corrected chi connectivity index (χ2v) is 8.34. The number of hydrogen-bond acceptors (Lipinski definition) is 6. The highest BCUT2D eigenvalue weighted by atomic mass is 32.2. The fraction of sp³-hybridized carbons (Fsp3) is 0.500. The van der Waals surface area contributed by atoms with Crippen molar-refractivity contribution in [2.75, 3.05) is 33.9 Å². The van der Waals surface area contributed by atoms with Crippen LogP contribution in [0, 0.1) is 0 Å². The van der Waals surface area contributed by atoms with Gasteiger partial charge in [-0.2, -0.15) is 0 Å². The minimum Gasteiger partial charge on any atom is -0.493 e. The summed E-state index contributed by atoms with van der Waals surface area (Å²) in [7, 11) is 1.48. The van der Waals surface area contributed by atoms with Crippen molar-refractivity contribution in [2.45, 2.75) is 24.4 Å². The van der Waals surface area contributed by atoms with Gasteiger partial charge in [0.05, 0.1) is 20.5 Å². The minimum atomic E-state index is -3.54. The average molecular weight is 394 g/mol. The van der Waals surface area contributed by atoms with Gasteiger partial charge in [0.2, 0.25) is 0 Å². The Morgan fingerprint density at radius 3 is 2.52 bits per heavy atom. The number of nitrogens with zero attached hydrogens (tertiary/aromatic N) is 3. The Bertz CT molecular complexity index is 895. The monoisotopic (exact) mass is 394 g/mol. The molecule has 0 radical (unpaired) electrons. The van der Waals surface area contributed by atoms with Gasteiger partial charge in [-0.15, -0.1) is 0 Å². The van der Waals surface area contributed by atoms with Crippen LogP contribution in [0.2, 0.25) is 0 Å². The second kappa shape index (κ2) is 8.28. The first-order chi connectivity index (χ1) is 12.9. The molecule has 3 rings (SSSR count). The van der Waals surface area contributed by atoms with E-state index < -0.39 is 10.0 Å². The molecule has 1 aliphatic rings. The zero-order valence-corrected chi connectivity index (χ0v) is 16.8. The maximum atomic E-state index is 12.2. The molecule has 1 aliphatic heterocycles. The Morgan fingerprint density at radius 1 is 1.19 bits per heavy atom. The Balaban J connectivity index is 1.52. The number of aryl methyl sites for hydroxylation is 1. The molecule has 27 heavy (non-hydrogen) atoms. The van der Waals surface area contributed by atoms with Gasteiger partial charge in [-0.3, -0.25) is 4.90 Å². The molecule has 1 aromatic carbocycles. The molecule has 1 aromatic heterocycles. The molecule has 0 fully saturated rings. The predicted octanol–water partition coefficient (Wildman–Crippen LogP) is 1.16. The summed E-state index contributed by atoms with van der Waals surface area (Å²) in [5.41, 5.74) is 2.51. The van der Waals surface area contributed by atoms with E-state index in [4.69, 9.17) is 9.47 Å². The molecule has 0 bridgehead atoms. The van der Waals surface area contributed by atoms with Crippen LogP contribution < -0.4 is 14.2 Å². The fourth-order valence-electron chi connectivity index (χ4n) is 3.24. The van der Waals surface area contributed by atoms with E-state index in [-0.39, 0.29) is 5.03 Å². The van der Waals surface area contributed by atoms with Crippen molar-refractivity contribution in [3.8, 4) is 11.5 Å². The Labute approximate surface area is 160 Å². The van der Waals surface area contributed by atoms with Gasteiger partial charge in [0.15, 0.2) is 16.5 Å². The first-order valence-corrected chi connectivity index (χ1v) is 10.3. The number of aromatic nitrogens is 2. The van der Waals surface area contributed by atoms with Crippen LogP contribution in [0.5, 0.6) is 11.5 Å². The van der Waals surface area contributed by atoms with Gasteiger partial charge in [0, 0.05) is 32.9 Å². The highest BCUT2D eigenvalue weighted by Gasteiger charge is 2.20. The van der Waals surface area contributed by atoms with Crippen molar-refractivity contribution in [3.63, 3.8) is 0 Å². The molecule has 0 saturated heterocycles. The summed E-state index contributed by atoms with van der Waals surface area (Å²) in [6.45, 7) is 2.96. The van der Waals surface area contributed by atoms with Crippen LogP contribution >= 0.6 is 0 Å². The van der Waals surface area contributed by atoms with Crippen LogP contribution in [0.1, 0.15) is 17.5 Å². The van der Waals surface area contributed by atoms with E-state index in [9.17, 15) is 8.42 Å². The average Bonchev–Trinajstić information content (AvgIpc) is 3.11. The summed E-state index contributed by atoms with van der Waals surface area (Å²) in [5.74, 6) is 1.50. The lowest BCUT2D eigenvalue weighted by molar-refractivity contribution is 0.250. The smallest absolute Gasteiger partial charge is 0.259 e. The number of benzene rings is 1. The van der Waals surface area contributed by atoms with Gasteiger partial charge in [-0.1, -0.05) is 0 Å². The molecular weight excluding hydrogens is 368 g/mol. The quantitative estimate of drug-likeness (QED) is 0.677. The van der Waals surface area contributed by atoms with Crippen LogP contribution in [0.3, 0.4) is 0 Å². The number of fused-ring (bicyclic) bond motifs is 1. The standard InChI is InChI=1S/C18H26N4O4S/c1-21-12-18(19-13-21)27(23,24)20-6-4-7-22-8-5-14-9-16(25-2)17(26-3)10-15(14)11-22/h9-10,12-13,20H,4-8,11H2,1-3H3. The molecule has 0 saturated carbocycles. The van der Waals surface area contributed by atoms with Crippen molar-refractivity contribution in [1.82, 2.24) is 19.2 Å². The third-order valence-electron chi connectivity index (χ3n) is 4.70. The van der Waals surface area contributed by atoms with Crippen molar-refractivity contribution in [2.24, 2.45) is 7.05 Å². The maximum Gasteiger partial charge on any atom is 0.259 e. The molecule has 0 amide bonds. The molecule has 8 nitrogen and oxygen atoms in total. The van der Waals surface area contributed by atoms with Gasteiger partial charge in [-0.05, 0) is 42.6 Å². The number of rotatable bonds is 8. The van der Waals surface area contributed by atoms with Crippen LogP contribution in [-0.4, -0.2) is 56.7 Å². The van der Waals surface area contributed by atoms with Crippen molar-refractivity contribution >= 4 is 10.0 Å². The molecule has 2 aromatic rings. The minimum absolute atomic E-state index is 0.0537. The van der Waals surface area contributed by atoms with Gasteiger partial charge < -0.3 is 14.0 Å². The van der Waals surface area contributed by atoms with E-state index in [2.05, 4.69) is 14.6 Å². The molecule has 0 spiro atoms. The van der Waals surface area contributed by atoms with E-state index in [1.54, 1.807) is 25.8 Å². The Morgan fingerprint density at radius 2 is 1.89 bits per heavy atom. The van der Waals surface area contributed by atoms with Crippen LogP contribution in [-0.2, 0) is 30.0 Å². The van der Waals surface area contributed by atoms with Gasteiger partial charge >= 0.3 is 0 Å². The van der Waals surface area contributed by atoms with Crippen molar-refractivity contribution in [3.05, 3.63) is 35.8 Å². The maximum absolute atomic E-state index is 12.2. The molecule has 0 unspecified atom stereocenters. The summed E-state index contributed by atoms with van der Waals surface area (Å²) in [5, 5.41) is 0.0537. The third-order valence-corrected chi connectivity index (χ3v) is 6.04. The summed E-state index contributed by atoms with van der Waals surface area (Å²) in [6.07, 6.45) is 4.64. The molecule has 0 atom stereocenters. The molecule has 148 valence electrons. The topological polar surface area (TPSA) is 85.7 Å². The lowest BCUT2D eigenvalue weighted by Gasteiger charge is -2.29. The molecule has 2 heterocycles. The molecular formula is C18H26N4O4S.